The van der Waals surface area contributed by atoms with Gasteiger partial charge < -0.3 is 4.90 Å². The zero-order valence-electron chi connectivity index (χ0n) is 11.4. The number of pyridine rings is 1. The highest BCUT2D eigenvalue weighted by molar-refractivity contribution is 6.07. The summed E-state index contributed by atoms with van der Waals surface area (Å²) >= 11 is 0. The van der Waals surface area contributed by atoms with E-state index < -0.39 is 0 Å². The molecule has 1 aromatic heterocycles. The second kappa shape index (κ2) is 5.58. The fraction of sp³-hybridized carbons (Fsp3) is 0.357. The minimum Gasteiger partial charge on any atom is -0.383 e. The number of carbonyl (C=O) groups excluding carboxylic acids is 2. The maximum Gasteiger partial charge on any atom is 0.189 e. The summed E-state index contributed by atoms with van der Waals surface area (Å²) in [5.41, 5.74) is 2.28. The quantitative estimate of drug-likeness (QED) is 0.603. The van der Waals surface area contributed by atoms with Gasteiger partial charge in [-0.15, -0.1) is 0 Å². The molecule has 1 rings (SSSR count). The summed E-state index contributed by atoms with van der Waals surface area (Å²) in [5, 5.41) is 0. The van der Waals surface area contributed by atoms with Crippen LogP contribution in [-0.4, -0.2) is 35.5 Å². The number of Topliss-reactive ketones (excluding diaryl/α,β-unsaturated/α-hetero) is 1. The number of allylic oxidation sites excluding steroid dienone is 1. The Morgan fingerprint density at radius 2 is 1.72 bits per heavy atom. The standard InChI is InChI=1S/C14H18N2O2/c1-9-12(11(3)17)8-13(10(2)15-9)14(18)6-7-16(4)5/h6-8H,1-5H3/b7-6+. The van der Waals surface area contributed by atoms with E-state index in [0.29, 0.717) is 22.5 Å². The Morgan fingerprint density at radius 1 is 1.17 bits per heavy atom. The zero-order valence-corrected chi connectivity index (χ0v) is 11.4. The summed E-state index contributed by atoms with van der Waals surface area (Å²) in [7, 11) is 3.68. The SMILES string of the molecule is CC(=O)c1cc(C(=O)/C=C/N(C)C)c(C)nc1C. The van der Waals surface area contributed by atoms with E-state index in [9.17, 15) is 9.59 Å². The Morgan fingerprint density at radius 3 is 2.22 bits per heavy atom. The number of rotatable bonds is 4. The van der Waals surface area contributed by atoms with Gasteiger partial charge in [0, 0.05) is 48.9 Å². The van der Waals surface area contributed by atoms with Crippen LogP contribution in [0, 0.1) is 13.8 Å². The van der Waals surface area contributed by atoms with Crippen molar-refractivity contribution in [3.05, 3.63) is 40.9 Å². The van der Waals surface area contributed by atoms with E-state index in [-0.39, 0.29) is 11.6 Å². The molecular formula is C14H18N2O2. The molecule has 96 valence electrons. The van der Waals surface area contributed by atoms with Gasteiger partial charge in [-0.1, -0.05) is 0 Å². The molecule has 0 N–H and O–H groups in total. The normalized spacial score (nSPS) is 10.7. The molecule has 0 saturated carbocycles. The lowest BCUT2D eigenvalue weighted by atomic mass is 10.0. The van der Waals surface area contributed by atoms with Gasteiger partial charge in [0.1, 0.15) is 0 Å². The number of aryl methyl sites for hydroxylation is 2. The van der Waals surface area contributed by atoms with Gasteiger partial charge in [0.25, 0.3) is 0 Å². The molecule has 0 aliphatic rings. The smallest absolute Gasteiger partial charge is 0.189 e. The number of hydrogen-bond acceptors (Lipinski definition) is 4. The first-order chi connectivity index (χ1) is 8.32. The minimum atomic E-state index is -0.142. The van der Waals surface area contributed by atoms with Gasteiger partial charge in [0.15, 0.2) is 11.6 Å². The lowest BCUT2D eigenvalue weighted by Gasteiger charge is -2.08. The van der Waals surface area contributed by atoms with Crippen LogP contribution >= 0.6 is 0 Å². The van der Waals surface area contributed by atoms with Gasteiger partial charge in [-0.05, 0) is 26.8 Å². The van der Waals surface area contributed by atoms with Gasteiger partial charge in [-0.3, -0.25) is 14.6 Å². The van der Waals surface area contributed by atoms with Crippen LogP contribution in [0.5, 0.6) is 0 Å². The molecule has 0 aliphatic heterocycles. The van der Waals surface area contributed by atoms with Crippen molar-refractivity contribution in [1.29, 1.82) is 0 Å². The first-order valence-electron chi connectivity index (χ1n) is 5.71. The molecule has 0 aliphatic carbocycles. The summed E-state index contributed by atoms with van der Waals surface area (Å²) in [6.07, 6.45) is 3.15. The molecule has 0 atom stereocenters. The van der Waals surface area contributed by atoms with Gasteiger partial charge in [0.05, 0.1) is 0 Å². The highest BCUT2D eigenvalue weighted by Crippen LogP contribution is 2.14. The minimum absolute atomic E-state index is 0.0781. The van der Waals surface area contributed by atoms with Gasteiger partial charge >= 0.3 is 0 Å². The van der Waals surface area contributed by atoms with Crippen LogP contribution in [0.3, 0.4) is 0 Å². The highest BCUT2D eigenvalue weighted by atomic mass is 16.1. The molecule has 18 heavy (non-hydrogen) atoms. The van der Waals surface area contributed by atoms with Crippen molar-refractivity contribution in [3.8, 4) is 0 Å². The summed E-state index contributed by atoms with van der Waals surface area (Å²) in [6, 6.07) is 1.63. The van der Waals surface area contributed by atoms with Crippen molar-refractivity contribution in [1.82, 2.24) is 9.88 Å². The van der Waals surface area contributed by atoms with Crippen LogP contribution in [0.15, 0.2) is 18.3 Å². The van der Waals surface area contributed by atoms with Crippen LogP contribution in [0.2, 0.25) is 0 Å². The Hall–Kier alpha value is -1.97. The number of nitrogens with zero attached hydrogens (tertiary/aromatic N) is 2. The summed E-state index contributed by atoms with van der Waals surface area (Å²) < 4.78 is 0. The molecule has 0 aromatic carbocycles. The van der Waals surface area contributed by atoms with Crippen LogP contribution in [0.1, 0.15) is 39.0 Å². The van der Waals surface area contributed by atoms with E-state index in [1.54, 1.807) is 31.0 Å². The van der Waals surface area contributed by atoms with Crippen molar-refractivity contribution in [2.45, 2.75) is 20.8 Å². The third-order valence-corrected chi connectivity index (χ3v) is 2.57. The fourth-order valence-corrected chi connectivity index (χ4v) is 1.64. The van der Waals surface area contributed by atoms with Crippen molar-refractivity contribution in [2.24, 2.45) is 0 Å². The Labute approximate surface area is 107 Å². The number of carbonyl (C=O) groups is 2. The molecular weight excluding hydrogens is 228 g/mol. The summed E-state index contributed by atoms with van der Waals surface area (Å²) in [6.45, 7) is 5.02. The third kappa shape index (κ3) is 3.26. The Kier molecular flexibility index (Phi) is 4.37. The first-order valence-corrected chi connectivity index (χ1v) is 5.71. The number of hydrogen-bond donors (Lipinski definition) is 0. The summed E-state index contributed by atoms with van der Waals surface area (Å²) in [4.78, 5) is 29.5. The average molecular weight is 246 g/mol. The Balaban J connectivity index is 3.20. The zero-order chi connectivity index (χ0) is 13.9. The highest BCUT2D eigenvalue weighted by Gasteiger charge is 2.13. The van der Waals surface area contributed by atoms with Crippen LogP contribution in [0.25, 0.3) is 0 Å². The second-order valence-corrected chi connectivity index (χ2v) is 4.45. The predicted molar refractivity (Wildman–Crippen MR) is 70.9 cm³/mol. The van der Waals surface area contributed by atoms with Gasteiger partial charge in [0.2, 0.25) is 0 Å². The topological polar surface area (TPSA) is 50.3 Å². The van der Waals surface area contributed by atoms with Crippen molar-refractivity contribution in [2.75, 3.05) is 14.1 Å². The van der Waals surface area contributed by atoms with E-state index >= 15 is 0 Å². The van der Waals surface area contributed by atoms with Crippen LogP contribution in [-0.2, 0) is 0 Å². The first kappa shape index (κ1) is 14.1. The number of ketones is 2. The van der Waals surface area contributed by atoms with Crippen molar-refractivity contribution >= 4 is 11.6 Å². The molecule has 1 aromatic rings. The summed E-state index contributed by atoms with van der Waals surface area (Å²) in [5.74, 6) is -0.221. The maximum absolute atomic E-state index is 12.0. The molecule has 0 radical (unpaired) electrons. The number of aromatic nitrogens is 1. The molecule has 4 heteroatoms. The van der Waals surface area contributed by atoms with E-state index in [1.165, 1.54) is 13.0 Å². The van der Waals surface area contributed by atoms with E-state index in [1.807, 2.05) is 14.1 Å². The molecule has 0 spiro atoms. The monoisotopic (exact) mass is 246 g/mol. The van der Waals surface area contributed by atoms with E-state index in [2.05, 4.69) is 4.98 Å². The van der Waals surface area contributed by atoms with Crippen LogP contribution in [0.4, 0.5) is 0 Å². The van der Waals surface area contributed by atoms with E-state index in [4.69, 9.17) is 0 Å². The molecule has 1 heterocycles. The lowest BCUT2D eigenvalue weighted by Crippen LogP contribution is -2.08. The average Bonchev–Trinajstić information content (AvgIpc) is 2.25. The van der Waals surface area contributed by atoms with Crippen LogP contribution < -0.4 is 0 Å². The molecule has 0 amide bonds. The third-order valence-electron chi connectivity index (χ3n) is 2.57. The fourth-order valence-electron chi connectivity index (χ4n) is 1.64. The molecule has 0 bridgehead atoms. The molecule has 0 unspecified atom stereocenters. The molecule has 0 saturated heterocycles. The van der Waals surface area contributed by atoms with E-state index in [0.717, 1.165) is 0 Å². The molecule has 0 fully saturated rings. The predicted octanol–water partition coefficient (Wildman–Crippen LogP) is 2.16. The lowest BCUT2D eigenvalue weighted by molar-refractivity contribution is 0.101. The van der Waals surface area contributed by atoms with Gasteiger partial charge in [-0.25, -0.2) is 0 Å². The molecule has 4 nitrogen and oxygen atoms in total. The largest absolute Gasteiger partial charge is 0.383 e. The van der Waals surface area contributed by atoms with Crippen molar-refractivity contribution < 1.29 is 9.59 Å². The maximum atomic E-state index is 12.0. The Bertz CT molecular complexity index is 517. The van der Waals surface area contributed by atoms with Gasteiger partial charge in [-0.2, -0.15) is 0 Å². The second-order valence-electron chi connectivity index (χ2n) is 4.45. The van der Waals surface area contributed by atoms with Crippen molar-refractivity contribution in [3.63, 3.8) is 0 Å².